The molecule has 29 heavy (non-hydrogen) atoms. The lowest BCUT2D eigenvalue weighted by molar-refractivity contribution is -0.123. The number of hydrogen-bond acceptors (Lipinski definition) is 5. The van der Waals surface area contributed by atoms with Crippen molar-refractivity contribution < 1.29 is 24.3 Å². The van der Waals surface area contributed by atoms with Crippen molar-refractivity contribution in [2.45, 2.75) is 13.5 Å². The number of aryl methyl sites for hydroxylation is 1. The third kappa shape index (κ3) is 4.75. The van der Waals surface area contributed by atoms with Gasteiger partial charge < -0.3 is 20.6 Å². The van der Waals surface area contributed by atoms with E-state index in [0.717, 1.165) is 5.56 Å². The Balaban J connectivity index is 1.59. The summed E-state index contributed by atoms with van der Waals surface area (Å²) in [5.41, 5.74) is 1.69. The fourth-order valence-corrected chi connectivity index (χ4v) is 2.95. The molecule has 2 aromatic rings. The van der Waals surface area contributed by atoms with Crippen molar-refractivity contribution in [1.29, 1.82) is 0 Å². The third-order valence-electron chi connectivity index (χ3n) is 4.53. The van der Waals surface area contributed by atoms with Gasteiger partial charge in [0, 0.05) is 25.2 Å². The zero-order valence-electron chi connectivity index (χ0n) is 15.8. The number of carboxylic acid groups (broad SMARTS) is 1. The molecule has 0 aliphatic carbocycles. The number of carbonyl (C=O) groups excluding carboxylic acids is 3. The Morgan fingerprint density at radius 1 is 1.17 bits per heavy atom. The van der Waals surface area contributed by atoms with Crippen LogP contribution in [0.3, 0.4) is 0 Å². The number of rotatable bonds is 5. The molecule has 1 saturated heterocycles. The normalized spacial score (nSPS) is 13.6. The number of amides is 3. The standard InChI is InChI=1S/C20H20N4O5/c1-12-15(20(28)29)6-7-16(23-12)18(26)22-10-13-2-4-14(5-3-13)19(27)24-9-8-21-17(25)11-24/h2-7H,8-11H2,1H3,(H,21,25)(H,22,26)(H,28,29). The van der Waals surface area contributed by atoms with Gasteiger partial charge in [0.15, 0.2) is 0 Å². The van der Waals surface area contributed by atoms with Crippen LogP contribution < -0.4 is 10.6 Å². The molecule has 0 bridgehead atoms. The van der Waals surface area contributed by atoms with Crippen LogP contribution in [0.5, 0.6) is 0 Å². The molecule has 2 heterocycles. The number of aromatic nitrogens is 1. The van der Waals surface area contributed by atoms with Crippen LogP contribution in [-0.4, -0.2) is 58.3 Å². The van der Waals surface area contributed by atoms with E-state index in [4.69, 9.17) is 5.11 Å². The Labute approximate surface area is 166 Å². The summed E-state index contributed by atoms with van der Waals surface area (Å²) < 4.78 is 0. The Kier molecular flexibility index (Phi) is 5.87. The van der Waals surface area contributed by atoms with E-state index in [-0.39, 0.29) is 41.9 Å². The minimum Gasteiger partial charge on any atom is -0.478 e. The highest BCUT2D eigenvalue weighted by atomic mass is 16.4. The van der Waals surface area contributed by atoms with E-state index < -0.39 is 11.9 Å². The highest BCUT2D eigenvalue weighted by molar-refractivity contribution is 5.97. The zero-order valence-corrected chi connectivity index (χ0v) is 15.8. The molecule has 0 saturated carbocycles. The van der Waals surface area contributed by atoms with E-state index in [9.17, 15) is 19.2 Å². The minimum atomic E-state index is -1.10. The predicted molar refractivity (Wildman–Crippen MR) is 102 cm³/mol. The number of hydrogen-bond donors (Lipinski definition) is 3. The van der Waals surface area contributed by atoms with Gasteiger partial charge in [-0.1, -0.05) is 12.1 Å². The predicted octanol–water partition coefficient (Wildman–Crippen LogP) is 0.590. The minimum absolute atomic E-state index is 0.0454. The number of nitrogens with zero attached hydrogens (tertiary/aromatic N) is 2. The molecule has 0 spiro atoms. The smallest absolute Gasteiger partial charge is 0.337 e. The molecule has 3 amide bonds. The Morgan fingerprint density at radius 2 is 1.90 bits per heavy atom. The largest absolute Gasteiger partial charge is 0.478 e. The van der Waals surface area contributed by atoms with E-state index in [1.165, 1.54) is 24.0 Å². The van der Waals surface area contributed by atoms with Crippen LogP contribution in [0, 0.1) is 6.92 Å². The summed E-state index contributed by atoms with van der Waals surface area (Å²) in [6.07, 6.45) is 0. The van der Waals surface area contributed by atoms with Crippen LogP contribution in [0.4, 0.5) is 0 Å². The first-order chi connectivity index (χ1) is 13.8. The number of benzene rings is 1. The number of pyridine rings is 1. The molecule has 1 aromatic carbocycles. The number of nitrogens with one attached hydrogen (secondary N) is 2. The summed E-state index contributed by atoms with van der Waals surface area (Å²) in [4.78, 5) is 52.6. The molecule has 0 atom stereocenters. The topological polar surface area (TPSA) is 129 Å². The molecule has 3 rings (SSSR count). The summed E-state index contributed by atoms with van der Waals surface area (Å²) in [6, 6.07) is 9.47. The maximum absolute atomic E-state index is 12.4. The second-order valence-electron chi connectivity index (χ2n) is 6.59. The van der Waals surface area contributed by atoms with Crippen molar-refractivity contribution >= 4 is 23.7 Å². The van der Waals surface area contributed by atoms with Gasteiger partial charge in [0.1, 0.15) is 5.69 Å². The van der Waals surface area contributed by atoms with Crippen LogP contribution in [0.2, 0.25) is 0 Å². The summed E-state index contributed by atoms with van der Waals surface area (Å²) >= 11 is 0. The maximum Gasteiger partial charge on any atom is 0.337 e. The van der Waals surface area contributed by atoms with Crippen LogP contribution in [0.25, 0.3) is 0 Å². The summed E-state index contributed by atoms with van der Waals surface area (Å²) in [6.45, 7) is 2.71. The Bertz CT molecular complexity index is 971. The molecule has 1 fully saturated rings. The quantitative estimate of drug-likeness (QED) is 0.679. The van der Waals surface area contributed by atoms with Gasteiger partial charge in [0.05, 0.1) is 17.8 Å². The molecule has 1 aromatic heterocycles. The number of carboxylic acids is 1. The van der Waals surface area contributed by atoms with Crippen LogP contribution >= 0.6 is 0 Å². The molecule has 3 N–H and O–H groups in total. The lowest BCUT2D eigenvalue weighted by atomic mass is 10.1. The molecule has 9 nitrogen and oxygen atoms in total. The molecular weight excluding hydrogens is 376 g/mol. The number of piperazine rings is 1. The Morgan fingerprint density at radius 3 is 2.52 bits per heavy atom. The summed E-state index contributed by atoms with van der Waals surface area (Å²) in [7, 11) is 0. The fourth-order valence-electron chi connectivity index (χ4n) is 2.95. The van der Waals surface area contributed by atoms with Crippen molar-refractivity contribution in [3.63, 3.8) is 0 Å². The highest BCUT2D eigenvalue weighted by Crippen LogP contribution is 2.10. The monoisotopic (exact) mass is 396 g/mol. The van der Waals surface area contributed by atoms with Crippen molar-refractivity contribution in [2.24, 2.45) is 0 Å². The van der Waals surface area contributed by atoms with Gasteiger partial charge in [-0.2, -0.15) is 0 Å². The van der Waals surface area contributed by atoms with Gasteiger partial charge >= 0.3 is 5.97 Å². The van der Waals surface area contributed by atoms with Gasteiger partial charge in [-0.25, -0.2) is 9.78 Å². The molecular formula is C20H20N4O5. The average Bonchev–Trinajstić information content (AvgIpc) is 2.71. The van der Waals surface area contributed by atoms with Gasteiger partial charge in [-0.15, -0.1) is 0 Å². The molecule has 0 unspecified atom stereocenters. The van der Waals surface area contributed by atoms with Gasteiger partial charge in [0.2, 0.25) is 5.91 Å². The molecule has 9 heteroatoms. The van der Waals surface area contributed by atoms with Crippen molar-refractivity contribution in [2.75, 3.05) is 19.6 Å². The molecule has 0 radical (unpaired) electrons. The Hall–Kier alpha value is -3.75. The first kappa shape index (κ1) is 20.0. The first-order valence-electron chi connectivity index (χ1n) is 8.99. The van der Waals surface area contributed by atoms with Gasteiger partial charge in [0.25, 0.3) is 11.8 Å². The van der Waals surface area contributed by atoms with Gasteiger partial charge in [-0.05, 0) is 36.8 Å². The molecule has 150 valence electrons. The fraction of sp³-hybridized carbons (Fsp3) is 0.250. The van der Waals surface area contributed by atoms with Crippen LogP contribution in [0.1, 0.15) is 42.5 Å². The number of carbonyl (C=O) groups is 4. The molecule has 1 aliphatic heterocycles. The van der Waals surface area contributed by atoms with E-state index in [2.05, 4.69) is 15.6 Å². The summed E-state index contributed by atoms with van der Waals surface area (Å²) in [5, 5.41) is 14.4. The van der Waals surface area contributed by atoms with Crippen molar-refractivity contribution in [3.8, 4) is 0 Å². The maximum atomic E-state index is 12.4. The van der Waals surface area contributed by atoms with E-state index in [1.54, 1.807) is 24.3 Å². The van der Waals surface area contributed by atoms with E-state index >= 15 is 0 Å². The van der Waals surface area contributed by atoms with E-state index in [1.807, 2.05) is 0 Å². The van der Waals surface area contributed by atoms with E-state index in [0.29, 0.717) is 18.7 Å². The second kappa shape index (κ2) is 8.51. The molecule has 1 aliphatic rings. The van der Waals surface area contributed by atoms with Crippen LogP contribution in [0.15, 0.2) is 36.4 Å². The first-order valence-corrected chi connectivity index (χ1v) is 8.99. The lowest BCUT2D eigenvalue weighted by Gasteiger charge is -2.26. The third-order valence-corrected chi connectivity index (χ3v) is 4.53. The summed E-state index contributed by atoms with van der Waals surface area (Å²) in [5.74, 6) is -1.91. The second-order valence-corrected chi connectivity index (χ2v) is 6.59. The van der Waals surface area contributed by atoms with Crippen LogP contribution in [-0.2, 0) is 11.3 Å². The van der Waals surface area contributed by atoms with Crippen molar-refractivity contribution in [3.05, 3.63) is 64.5 Å². The number of aromatic carboxylic acids is 1. The van der Waals surface area contributed by atoms with Gasteiger partial charge in [-0.3, -0.25) is 14.4 Å². The highest BCUT2D eigenvalue weighted by Gasteiger charge is 2.22. The lowest BCUT2D eigenvalue weighted by Crippen LogP contribution is -2.49. The SMILES string of the molecule is Cc1nc(C(=O)NCc2ccc(C(=O)N3CCNC(=O)C3)cc2)ccc1C(=O)O. The van der Waals surface area contributed by atoms with Crippen molar-refractivity contribution in [1.82, 2.24) is 20.5 Å². The zero-order chi connectivity index (χ0) is 21.0. The average molecular weight is 396 g/mol.